The number of nitrogens with zero attached hydrogens (tertiary/aromatic N) is 4. The first-order valence-corrected chi connectivity index (χ1v) is 13.2. The first-order valence-electron chi connectivity index (χ1n) is 13.2. The van der Waals surface area contributed by atoms with Gasteiger partial charge in [0.25, 0.3) is 5.91 Å². The van der Waals surface area contributed by atoms with Gasteiger partial charge in [-0.3, -0.25) is 4.79 Å². The van der Waals surface area contributed by atoms with Gasteiger partial charge < -0.3 is 19.6 Å². The van der Waals surface area contributed by atoms with Gasteiger partial charge in [-0.2, -0.15) is 13.2 Å². The van der Waals surface area contributed by atoms with Gasteiger partial charge in [0, 0.05) is 25.0 Å². The molecule has 0 bridgehead atoms. The van der Waals surface area contributed by atoms with Crippen molar-refractivity contribution in [3.8, 4) is 11.3 Å². The highest BCUT2D eigenvalue weighted by atomic mass is 19.4. The molecule has 2 heterocycles. The number of halogens is 5. The first-order chi connectivity index (χ1) is 20.3. The molecule has 1 fully saturated rings. The van der Waals surface area contributed by atoms with Gasteiger partial charge >= 0.3 is 12.3 Å². The maximum Gasteiger partial charge on any atom is 0.434 e. The van der Waals surface area contributed by atoms with Crippen molar-refractivity contribution < 1.29 is 36.6 Å². The topological polar surface area (TPSA) is 102 Å². The number of amides is 2. The highest BCUT2D eigenvalue weighted by Crippen LogP contribution is 2.42. The predicted octanol–water partition coefficient (Wildman–Crippen LogP) is 6.00. The van der Waals surface area contributed by atoms with Crippen LogP contribution in [-0.2, 0) is 19.8 Å². The molecular weight excluding hydrogens is 573 g/mol. The fourth-order valence-electron chi connectivity index (χ4n) is 4.95. The van der Waals surface area contributed by atoms with Crippen molar-refractivity contribution in [1.82, 2.24) is 19.4 Å². The molecule has 0 radical (unpaired) electrons. The second-order valence-corrected chi connectivity index (χ2v) is 10.5. The van der Waals surface area contributed by atoms with Crippen molar-refractivity contribution in [3.63, 3.8) is 0 Å². The normalized spacial score (nSPS) is 14.5. The first kappa shape index (κ1) is 29.7. The molecule has 1 aliphatic carbocycles. The van der Waals surface area contributed by atoms with Crippen LogP contribution in [0.4, 0.5) is 26.7 Å². The smallest absolute Gasteiger partial charge is 0.434 e. The number of benzene rings is 2. The largest absolute Gasteiger partial charge is 0.463 e. The fourth-order valence-corrected chi connectivity index (χ4v) is 4.95. The molecule has 0 aliphatic heterocycles. The van der Waals surface area contributed by atoms with E-state index in [0.717, 1.165) is 25.0 Å². The van der Waals surface area contributed by atoms with E-state index >= 15 is 0 Å². The standard InChI is InChI=1S/C30H26F5N5O3/c1-16-11-19(5-8-23(16)32)26(18-3-4-18)37-27(41)25-13-17(15-40-10-9-39(2)28(40)38-29(42)43)12-24(36-25)21-7-6-20(31)14-22(21)30(33,34)35/h5-14,18,26H,3-4,15H2,1-2H3,(H,37,41)(H,42,43)/b38-28-. The summed E-state index contributed by atoms with van der Waals surface area (Å²) < 4.78 is 72.5. The van der Waals surface area contributed by atoms with E-state index < -0.39 is 47.0 Å². The number of hydrogen-bond donors (Lipinski definition) is 2. The molecule has 224 valence electrons. The Balaban J connectivity index is 1.60. The van der Waals surface area contributed by atoms with Gasteiger partial charge in [-0.15, -0.1) is 4.99 Å². The Morgan fingerprint density at radius 3 is 2.49 bits per heavy atom. The molecule has 2 aromatic heterocycles. The summed E-state index contributed by atoms with van der Waals surface area (Å²) in [7, 11) is 1.57. The maximum atomic E-state index is 13.9. The maximum absolute atomic E-state index is 13.9. The minimum Gasteiger partial charge on any atom is -0.463 e. The minimum absolute atomic E-state index is 0.0371. The average molecular weight is 600 g/mol. The molecule has 2 amide bonds. The van der Waals surface area contributed by atoms with Crippen LogP contribution in [0.5, 0.6) is 0 Å². The molecule has 0 spiro atoms. The Morgan fingerprint density at radius 2 is 1.84 bits per heavy atom. The fraction of sp³-hybridized carbons (Fsp3) is 0.267. The Labute approximate surface area is 242 Å². The monoisotopic (exact) mass is 599 g/mol. The zero-order valence-corrected chi connectivity index (χ0v) is 23.0. The van der Waals surface area contributed by atoms with Crippen molar-refractivity contribution in [2.75, 3.05) is 0 Å². The third kappa shape index (κ3) is 6.65. The Morgan fingerprint density at radius 1 is 1.09 bits per heavy atom. The molecule has 5 rings (SSSR count). The zero-order chi connectivity index (χ0) is 31.1. The van der Waals surface area contributed by atoms with Gasteiger partial charge in [-0.25, -0.2) is 18.6 Å². The van der Waals surface area contributed by atoms with E-state index in [1.165, 1.54) is 33.5 Å². The molecule has 2 N–H and O–H groups in total. The Bertz CT molecular complexity index is 1790. The van der Waals surface area contributed by atoms with Gasteiger partial charge in [0.15, 0.2) is 0 Å². The summed E-state index contributed by atoms with van der Waals surface area (Å²) in [6, 6.07) is 8.94. The number of aromatic nitrogens is 3. The number of carbonyl (C=O) groups is 2. The summed E-state index contributed by atoms with van der Waals surface area (Å²) >= 11 is 0. The Kier molecular flexibility index (Phi) is 7.91. The molecule has 2 aromatic carbocycles. The van der Waals surface area contributed by atoms with Crippen LogP contribution >= 0.6 is 0 Å². The van der Waals surface area contributed by atoms with Gasteiger partial charge in [-0.1, -0.05) is 12.1 Å². The molecular formula is C30H26F5N5O3. The SMILES string of the molecule is Cc1cc(C(NC(=O)c2cc(Cn3ccn(C)/c3=N/C(=O)O)cc(-c3ccc(F)cc3C(F)(F)F)n2)C2CC2)ccc1F. The number of hydrogen-bond acceptors (Lipinski definition) is 3. The summed E-state index contributed by atoms with van der Waals surface area (Å²) in [5.74, 6) is -2.07. The summed E-state index contributed by atoms with van der Waals surface area (Å²) in [6.07, 6.45) is -1.65. The van der Waals surface area contributed by atoms with E-state index in [2.05, 4.69) is 15.3 Å². The lowest BCUT2D eigenvalue weighted by molar-refractivity contribution is -0.137. The van der Waals surface area contributed by atoms with Crippen LogP contribution in [0.3, 0.4) is 0 Å². The summed E-state index contributed by atoms with van der Waals surface area (Å²) in [5, 5.41) is 12.1. The number of pyridine rings is 1. The third-order valence-corrected chi connectivity index (χ3v) is 7.19. The molecule has 1 aliphatic rings. The van der Waals surface area contributed by atoms with Crippen LogP contribution in [0.25, 0.3) is 11.3 Å². The number of carboxylic acid groups (broad SMARTS) is 1. The highest BCUT2D eigenvalue weighted by Gasteiger charge is 2.36. The minimum atomic E-state index is -4.92. The van der Waals surface area contributed by atoms with E-state index in [9.17, 15) is 36.6 Å². The van der Waals surface area contributed by atoms with E-state index in [1.807, 2.05) is 0 Å². The van der Waals surface area contributed by atoms with Crippen LogP contribution < -0.4 is 10.9 Å². The number of rotatable bonds is 7. The molecule has 0 saturated heterocycles. The quantitative estimate of drug-likeness (QED) is 0.255. The second kappa shape index (κ2) is 11.5. The van der Waals surface area contributed by atoms with Crippen LogP contribution in [-0.4, -0.2) is 31.2 Å². The lowest BCUT2D eigenvalue weighted by Crippen LogP contribution is -2.31. The Hall–Kier alpha value is -4.81. The van der Waals surface area contributed by atoms with Gasteiger partial charge in [0.1, 0.15) is 17.3 Å². The molecule has 1 saturated carbocycles. The second-order valence-electron chi connectivity index (χ2n) is 10.5. The van der Waals surface area contributed by atoms with Crippen LogP contribution in [0, 0.1) is 24.5 Å². The van der Waals surface area contributed by atoms with Gasteiger partial charge in [0.2, 0.25) is 5.62 Å². The van der Waals surface area contributed by atoms with Crippen molar-refractivity contribution in [3.05, 3.63) is 106 Å². The van der Waals surface area contributed by atoms with Gasteiger partial charge in [0.05, 0.1) is 23.8 Å². The van der Waals surface area contributed by atoms with Crippen molar-refractivity contribution in [2.24, 2.45) is 18.0 Å². The molecule has 4 aromatic rings. The summed E-state index contributed by atoms with van der Waals surface area (Å²) in [4.78, 5) is 32.7. The summed E-state index contributed by atoms with van der Waals surface area (Å²) in [6.45, 7) is 1.53. The van der Waals surface area contributed by atoms with Crippen LogP contribution in [0.1, 0.15) is 51.6 Å². The summed E-state index contributed by atoms with van der Waals surface area (Å²) in [5.41, 5.74) is -0.712. The van der Waals surface area contributed by atoms with Crippen molar-refractivity contribution in [2.45, 2.75) is 38.5 Å². The van der Waals surface area contributed by atoms with E-state index in [1.54, 1.807) is 32.3 Å². The average Bonchev–Trinajstić information content (AvgIpc) is 3.73. The van der Waals surface area contributed by atoms with E-state index in [-0.39, 0.29) is 29.5 Å². The number of aryl methyl sites for hydroxylation is 2. The zero-order valence-electron chi connectivity index (χ0n) is 23.0. The number of imidazole rings is 1. The van der Waals surface area contributed by atoms with Gasteiger partial charge in [-0.05, 0) is 78.8 Å². The number of nitrogens with one attached hydrogen (secondary N) is 1. The molecule has 1 unspecified atom stereocenters. The number of alkyl halides is 3. The van der Waals surface area contributed by atoms with Crippen molar-refractivity contribution >= 4 is 12.0 Å². The number of carbonyl (C=O) groups excluding carboxylic acids is 1. The highest BCUT2D eigenvalue weighted by molar-refractivity contribution is 5.93. The lowest BCUT2D eigenvalue weighted by Gasteiger charge is -2.20. The van der Waals surface area contributed by atoms with E-state index in [0.29, 0.717) is 22.8 Å². The molecule has 13 heteroatoms. The van der Waals surface area contributed by atoms with Crippen LogP contribution in [0.15, 0.2) is 65.9 Å². The van der Waals surface area contributed by atoms with E-state index in [4.69, 9.17) is 0 Å². The third-order valence-electron chi connectivity index (χ3n) is 7.19. The molecule has 8 nitrogen and oxygen atoms in total. The molecule has 43 heavy (non-hydrogen) atoms. The molecule has 1 atom stereocenters. The van der Waals surface area contributed by atoms with Crippen LogP contribution in [0.2, 0.25) is 0 Å². The van der Waals surface area contributed by atoms with Crippen molar-refractivity contribution in [1.29, 1.82) is 0 Å². The lowest BCUT2D eigenvalue weighted by atomic mass is 9.99. The predicted molar refractivity (Wildman–Crippen MR) is 145 cm³/mol.